The van der Waals surface area contributed by atoms with E-state index in [0.29, 0.717) is 17.2 Å². The predicted molar refractivity (Wildman–Crippen MR) is 126 cm³/mol. The number of anilines is 1. The second-order valence-electron chi connectivity index (χ2n) is 7.66. The number of nitrogens with one attached hydrogen (secondary N) is 1. The highest BCUT2D eigenvalue weighted by Crippen LogP contribution is 2.32. The Morgan fingerprint density at radius 1 is 1.33 bits per heavy atom. The van der Waals surface area contributed by atoms with Crippen molar-refractivity contribution < 1.29 is 4.79 Å². The monoisotopic (exact) mass is 409 g/mol. The number of aliphatic imine (C=N–C) groups is 2. The van der Waals surface area contributed by atoms with Crippen LogP contribution in [0.25, 0.3) is 0 Å². The lowest BCUT2D eigenvalue weighted by molar-refractivity contribution is -0.115. The van der Waals surface area contributed by atoms with Gasteiger partial charge in [-0.05, 0) is 51.3 Å². The zero-order valence-electron chi connectivity index (χ0n) is 19.0. The highest BCUT2D eigenvalue weighted by atomic mass is 16.1. The normalized spacial score (nSPS) is 14.9. The van der Waals surface area contributed by atoms with E-state index in [-0.39, 0.29) is 11.9 Å². The molecule has 1 amide bonds. The van der Waals surface area contributed by atoms with Gasteiger partial charge in [-0.3, -0.25) is 9.78 Å². The average Bonchev–Trinajstić information content (AvgIpc) is 3.14. The first-order valence-corrected chi connectivity index (χ1v) is 10.9. The maximum atomic E-state index is 12.8. The van der Waals surface area contributed by atoms with Crippen molar-refractivity contribution >= 4 is 23.5 Å². The van der Waals surface area contributed by atoms with Crippen molar-refractivity contribution in [3.8, 4) is 0 Å². The van der Waals surface area contributed by atoms with E-state index in [4.69, 9.17) is 4.99 Å². The Morgan fingerprint density at radius 3 is 2.63 bits per heavy atom. The summed E-state index contributed by atoms with van der Waals surface area (Å²) in [5, 5.41) is 3.14. The molecule has 30 heavy (non-hydrogen) atoms. The molecule has 0 saturated carbocycles. The number of carbonyl (C=O) groups is 1. The fourth-order valence-electron chi connectivity index (χ4n) is 3.64. The summed E-state index contributed by atoms with van der Waals surface area (Å²) in [4.78, 5) is 28.7. The number of rotatable bonds is 10. The number of hydrogen-bond donors (Lipinski definition) is 1. The van der Waals surface area contributed by atoms with Gasteiger partial charge in [-0.15, -0.1) is 0 Å². The van der Waals surface area contributed by atoms with Gasteiger partial charge in [-0.25, -0.2) is 9.98 Å². The van der Waals surface area contributed by atoms with Gasteiger partial charge >= 0.3 is 0 Å². The van der Waals surface area contributed by atoms with Crippen LogP contribution in [0.4, 0.5) is 5.69 Å². The summed E-state index contributed by atoms with van der Waals surface area (Å²) in [6, 6.07) is 4.15. The zero-order chi connectivity index (χ0) is 22.1. The molecule has 0 unspecified atom stereocenters. The predicted octanol–water partition coefficient (Wildman–Crippen LogP) is 4.83. The molecule has 0 radical (unpaired) electrons. The number of allylic oxidation sites excluding steroid dienone is 1. The third-order valence-corrected chi connectivity index (χ3v) is 5.07. The van der Waals surface area contributed by atoms with E-state index in [1.54, 1.807) is 13.1 Å². The SMILES string of the molecule is C=C(C)/C(N=C(C)C(=O)NC(CCC)CCC)=C(\N=CC)N1CCc2ncccc21. The van der Waals surface area contributed by atoms with Gasteiger partial charge in [-0.1, -0.05) is 33.3 Å². The average molecular weight is 410 g/mol. The molecule has 0 bridgehead atoms. The van der Waals surface area contributed by atoms with Crippen LogP contribution in [-0.2, 0) is 11.2 Å². The van der Waals surface area contributed by atoms with Crippen LogP contribution in [0.15, 0.2) is 52.0 Å². The highest BCUT2D eigenvalue weighted by molar-refractivity contribution is 6.38. The molecule has 0 atom stereocenters. The largest absolute Gasteiger partial charge is 0.348 e. The van der Waals surface area contributed by atoms with Gasteiger partial charge in [0.25, 0.3) is 5.91 Å². The molecule has 1 N–H and O–H groups in total. The molecule has 1 aliphatic rings. The first-order valence-electron chi connectivity index (χ1n) is 10.9. The number of hydrogen-bond acceptors (Lipinski definition) is 5. The minimum absolute atomic E-state index is 0.135. The first-order chi connectivity index (χ1) is 14.4. The van der Waals surface area contributed by atoms with Crippen LogP contribution >= 0.6 is 0 Å². The van der Waals surface area contributed by atoms with Crippen molar-refractivity contribution in [3.63, 3.8) is 0 Å². The molecule has 0 aliphatic carbocycles. The van der Waals surface area contributed by atoms with Crippen LogP contribution in [0, 0.1) is 0 Å². The van der Waals surface area contributed by atoms with Gasteiger partial charge in [0.05, 0.1) is 11.4 Å². The lowest BCUT2D eigenvalue weighted by atomic mass is 10.1. The molecule has 0 saturated heterocycles. The van der Waals surface area contributed by atoms with Crippen LogP contribution in [0.3, 0.4) is 0 Å². The van der Waals surface area contributed by atoms with Crippen molar-refractivity contribution in [1.29, 1.82) is 0 Å². The molecule has 2 heterocycles. The maximum absolute atomic E-state index is 12.8. The maximum Gasteiger partial charge on any atom is 0.265 e. The quantitative estimate of drug-likeness (QED) is 0.445. The molecule has 6 heteroatoms. The first kappa shape index (κ1) is 23.5. The third kappa shape index (κ3) is 5.88. The molecule has 0 spiro atoms. The summed E-state index contributed by atoms with van der Waals surface area (Å²) in [6.45, 7) is 14.7. The van der Waals surface area contributed by atoms with Gasteiger partial charge in [0.2, 0.25) is 0 Å². The number of aromatic nitrogens is 1. The van der Waals surface area contributed by atoms with E-state index in [1.165, 1.54) is 0 Å². The Hall–Kier alpha value is -2.76. The second-order valence-corrected chi connectivity index (χ2v) is 7.66. The zero-order valence-corrected chi connectivity index (χ0v) is 19.0. The Morgan fingerprint density at radius 2 is 2.03 bits per heavy atom. The van der Waals surface area contributed by atoms with Crippen LogP contribution in [0.1, 0.15) is 66.0 Å². The lowest BCUT2D eigenvalue weighted by Crippen LogP contribution is -2.38. The summed E-state index contributed by atoms with van der Waals surface area (Å²) >= 11 is 0. The van der Waals surface area contributed by atoms with Gasteiger partial charge in [0.15, 0.2) is 5.82 Å². The minimum atomic E-state index is -0.135. The molecule has 1 aromatic rings. The van der Waals surface area contributed by atoms with Crippen LogP contribution in [0.2, 0.25) is 0 Å². The third-order valence-electron chi connectivity index (χ3n) is 5.07. The van der Waals surface area contributed by atoms with E-state index >= 15 is 0 Å². The Bertz CT molecular complexity index is 847. The van der Waals surface area contributed by atoms with Crippen molar-refractivity contribution in [2.45, 2.75) is 72.8 Å². The van der Waals surface area contributed by atoms with E-state index in [1.807, 2.05) is 32.2 Å². The van der Waals surface area contributed by atoms with Crippen molar-refractivity contribution in [3.05, 3.63) is 47.7 Å². The van der Waals surface area contributed by atoms with Crippen molar-refractivity contribution in [2.24, 2.45) is 9.98 Å². The van der Waals surface area contributed by atoms with Gasteiger partial charge in [0, 0.05) is 31.4 Å². The molecule has 162 valence electrons. The minimum Gasteiger partial charge on any atom is -0.348 e. The summed E-state index contributed by atoms with van der Waals surface area (Å²) < 4.78 is 0. The number of pyridine rings is 1. The Balaban J connectivity index is 2.40. The van der Waals surface area contributed by atoms with E-state index < -0.39 is 0 Å². The molecular formula is C24H35N5O. The smallest absolute Gasteiger partial charge is 0.265 e. The number of amides is 1. The van der Waals surface area contributed by atoms with Crippen LogP contribution in [-0.4, -0.2) is 35.4 Å². The fourth-order valence-corrected chi connectivity index (χ4v) is 3.64. The summed E-state index contributed by atoms with van der Waals surface area (Å²) in [6.07, 6.45) is 8.42. The Labute approximate surface area is 180 Å². The van der Waals surface area contributed by atoms with E-state index in [0.717, 1.165) is 55.6 Å². The number of carbonyl (C=O) groups excluding carboxylic acids is 1. The van der Waals surface area contributed by atoms with Gasteiger partial charge in [-0.2, -0.15) is 0 Å². The van der Waals surface area contributed by atoms with Crippen molar-refractivity contribution in [2.75, 3.05) is 11.4 Å². The summed E-state index contributed by atoms with van der Waals surface area (Å²) in [7, 11) is 0. The Kier molecular flexibility index (Phi) is 8.96. The van der Waals surface area contributed by atoms with Gasteiger partial charge in [0.1, 0.15) is 11.4 Å². The van der Waals surface area contributed by atoms with Crippen LogP contribution < -0.4 is 10.2 Å². The highest BCUT2D eigenvalue weighted by Gasteiger charge is 2.25. The topological polar surface area (TPSA) is 70.0 Å². The second kappa shape index (κ2) is 11.4. The molecule has 2 rings (SSSR count). The van der Waals surface area contributed by atoms with Gasteiger partial charge < -0.3 is 10.2 Å². The number of nitrogens with zero attached hydrogens (tertiary/aromatic N) is 4. The standard InChI is InChI=1S/C24H35N5O/c1-7-11-19(12-8-2)28-24(30)18(6)27-22(17(4)5)23(25-9-3)29-16-14-20-21(29)13-10-15-26-20/h9-10,13,15,19H,4,7-8,11-12,14,16H2,1-3,5-6H3,(H,28,30)/b23-22-,25-9?,27-18?. The molecular weight excluding hydrogens is 374 g/mol. The number of fused-ring (bicyclic) bond motifs is 1. The van der Waals surface area contributed by atoms with Crippen molar-refractivity contribution in [1.82, 2.24) is 10.3 Å². The molecule has 0 fully saturated rings. The van der Waals surface area contributed by atoms with Crippen LogP contribution in [0.5, 0.6) is 0 Å². The lowest BCUT2D eigenvalue weighted by Gasteiger charge is -2.22. The molecule has 1 aromatic heterocycles. The molecule has 0 aromatic carbocycles. The fraction of sp³-hybridized carbons (Fsp3) is 0.500. The molecule has 6 nitrogen and oxygen atoms in total. The molecule has 1 aliphatic heterocycles. The van der Waals surface area contributed by atoms with E-state index in [9.17, 15) is 4.79 Å². The van der Waals surface area contributed by atoms with E-state index in [2.05, 4.69) is 40.6 Å². The summed E-state index contributed by atoms with van der Waals surface area (Å²) in [5.74, 6) is 0.562. The summed E-state index contributed by atoms with van der Waals surface area (Å²) in [5.41, 5.74) is 3.88.